The van der Waals surface area contributed by atoms with Crippen LogP contribution in [0.1, 0.15) is 11.1 Å². The molecule has 0 aromatic heterocycles. The van der Waals surface area contributed by atoms with Crippen molar-refractivity contribution in [2.24, 2.45) is 5.73 Å². The Morgan fingerprint density at radius 1 is 0.636 bits per heavy atom. The molecule has 0 atom stereocenters. The van der Waals surface area contributed by atoms with E-state index in [9.17, 15) is 0 Å². The molecule has 22 heavy (non-hydrogen) atoms. The third-order valence-corrected chi connectivity index (χ3v) is 3.51. The summed E-state index contributed by atoms with van der Waals surface area (Å²) >= 11 is 0. The van der Waals surface area contributed by atoms with E-state index in [-0.39, 0.29) is 0 Å². The first kappa shape index (κ1) is 15.8. The number of hydrogen-bond donors (Lipinski definition) is 2. The largest absolute Gasteiger partial charge is 0.398 e. The number of anilines is 1. The summed E-state index contributed by atoms with van der Waals surface area (Å²) in [5, 5.41) is 0. The molecule has 0 fully saturated rings. The minimum Gasteiger partial charge on any atom is -0.398 e. The first-order valence-corrected chi connectivity index (χ1v) is 7.38. The second-order valence-corrected chi connectivity index (χ2v) is 4.94. The van der Waals surface area contributed by atoms with Crippen LogP contribution >= 0.6 is 0 Å². The van der Waals surface area contributed by atoms with Crippen LogP contribution in [0, 0.1) is 0 Å². The Balaban J connectivity index is 0.000000847. The maximum atomic E-state index is 5.99. The molecule has 0 aliphatic rings. The average Bonchev–Trinajstić information content (AvgIpc) is 2.60. The van der Waals surface area contributed by atoms with E-state index in [4.69, 9.17) is 5.73 Å². The molecular weight excluding hydrogens is 268 g/mol. The van der Waals surface area contributed by atoms with Crippen molar-refractivity contribution >= 4 is 5.69 Å². The minimum absolute atomic E-state index is 0.861. The van der Waals surface area contributed by atoms with Crippen molar-refractivity contribution in [3.8, 4) is 11.1 Å². The fourth-order valence-electron chi connectivity index (χ4n) is 2.36. The first-order valence-electron chi connectivity index (χ1n) is 7.38. The molecule has 3 rings (SSSR count). The lowest BCUT2D eigenvalue weighted by molar-refractivity contribution is 1.20. The fourth-order valence-corrected chi connectivity index (χ4v) is 2.36. The molecule has 0 spiro atoms. The van der Waals surface area contributed by atoms with E-state index in [0.29, 0.717) is 0 Å². The van der Waals surface area contributed by atoms with Crippen molar-refractivity contribution in [3.63, 3.8) is 0 Å². The highest BCUT2D eigenvalue weighted by Crippen LogP contribution is 2.21. The highest BCUT2D eigenvalue weighted by Gasteiger charge is 2.01. The van der Waals surface area contributed by atoms with Gasteiger partial charge in [0.15, 0.2) is 0 Å². The highest BCUT2D eigenvalue weighted by atomic mass is 14.6. The molecule has 0 amide bonds. The second-order valence-electron chi connectivity index (χ2n) is 4.94. The summed E-state index contributed by atoms with van der Waals surface area (Å²) in [6, 6.07) is 27.2. The van der Waals surface area contributed by atoms with Crippen LogP contribution in [0.25, 0.3) is 11.1 Å². The normalized spacial score (nSPS) is 9.73. The van der Waals surface area contributed by atoms with E-state index in [2.05, 4.69) is 60.3 Å². The maximum Gasteiger partial charge on any atom is 0.0349 e. The molecule has 0 radical (unpaired) electrons. The topological polar surface area (TPSA) is 52.0 Å². The summed E-state index contributed by atoms with van der Waals surface area (Å²) in [4.78, 5) is 0. The summed E-state index contributed by atoms with van der Waals surface area (Å²) in [5.74, 6) is 0. The van der Waals surface area contributed by atoms with Crippen molar-refractivity contribution in [1.82, 2.24) is 0 Å². The highest BCUT2D eigenvalue weighted by molar-refractivity contribution is 5.63. The van der Waals surface area contributed by atoms with Crippen LogP contribution in [-0.4, -0.2) is 7.05 Å². The van der Waals surface area contributed by atoms with Crippen molar-refractivity contribution < 1.29 is 0 Å². The van der Waals surface area contributed by atoms with Crippen molar-refractivity contribution in [1.29, 1.82) is 0 Å². The molecule has 0 saturated carbocycles. The number of hydrogen-bond acceptors (Lipinski definition) is 2. The van der Waals surface area contributed by atoms with Gasteiger partial charge in [-0.3, -0.25) is 0 Å². The van der Waals surface area contributed by atoms with Crippen LogP contribution in [0.2, 0.25) is 0 Å². The number of rotatable bonds is 3. The molecule has 2 heteroatoms. The van der Waals surface area contributed by atoms with Crippen LogP contribution < -0.4 is 11.5 Å². The standard InChI is InChI=1S/C19H17N.CH5N/c20-19-9-5-4-8-18(19)14-15-10-12-17(13-11-15)16-6-2-1-3-7-16;1-2/h1-13H,14,20H2;2H2,1H3. The van der Waals surface area contributed by atoms with E-state index in [1.807, 2.05) is 24.3 Å². The van der Waals surface area contributed by atoms with Crippen LogP contribution in [0.5, 0.6) is 0 Å². The van der Waals surface area contributed by atoms with E-state index < -0.39 is 0 Å². The Hall–Kier alpha value is -2.58. The zero-order valence-corrected chi connectivity index (χ0v) is 12.9. The van der Waals surface area contributed by atoms with Gasteiger partial charge in [-0.25, -0.2) is 0 Å². The third-order valence-electron chi connectivity index (χ3n) is 3.51. The predicted molar refractivity (Wildman–Crippen MR) is 95.6 cm³/mol. The van der Waals surface area contributed by atoms with Gasteiger partial charge in [0, 0.05) is 5.69 Å². The SMILES string of the molecule is CN.Nc1ccccc1Cc1ccc(-c2ccccc2)cc1. The molecule has 0 heterocycles. The van der Waals surface area contributed by atoms with Gasteiger partial charge >= 0.3 is 0 Å². The summed E-state index contributed by atoms with van der Waals surface area (Å²) in [7, 11) is 1.50. The molecule has 2 nitrogen and oxygen atoms in total. The van der Waals surface area contributed by atoms with Crippen molar-refractivity contribution in [3.05, 3.63) is 90.0 Å². The molecule has 0 aliphatic carbocycles. The Labute approximate surface area is 132 Å². The van der Waals surface area contributed by atoms with Gasteiger partial charge in [0.05, 0.1) is 0 Å². The molecule has 3 aromatic rings. The molecule has 0 aliphatic heterocycles. The lowest BCUT2D eigenvalue weighted by Gasteiger charge is -2.07. The maximum absolute atomic E-state index is 5.99. The van der Waals surface area contributed by atoms with Gasteiger partial charge in [0.1, 0.15) is 0 Å². The Morgan fingerprint density at radius 3 is 1.82 bits per heavy atom. The molecule has 112 valence electrons. The number of para-hydroxylation sites is 1. The lowest BCUT2D eigenvalue weighted by atomic mass is 10.00. The Morgan fingerprint density at radius 2 is 1.18 bits per heavy atom. The van der Waals surface area contributed by atoms with E-state index in [0.717, 1.165) is 12.1 Å². The summed E-state index contributed by atoms with van der Waals surface area (Å²) in [6.07, 6.45) is 0.877. The number of nitrogen functional groups attached to an aromatic ring is 1. The summed E-state index contributed by atoms with van der Waals surface area (Å²) < 4.78 is 0. The molecule has 3 aromatic carbocycles. The van der Waals surface area contributed by atoms with Crippen molar-refractivity contribution in [2.45, 2.75) is 6.42 Å². The van der Waals surface area contributed by atoms with E-state index in [1.54, 1.807) is 0 Å². The Kier molecular flexibility index (Phi) is 5.75. The quantitative estimate of drug-likeness (QED) is 0.713. The van der Waals surface area contributed by atoms with Crippen LogP contribution in [0.3, 0.4) is 0 Å². The third kappa shape index (κ3) is 3.96. The zero-order chi connectivity index (χ0) is 15.8. The summed E-state index contributed by atoms with van der Waals surface area (Å²) in [5.41, 5.74) is 16.3. The summed E-state index contributed by atoms with van der Waals surface area (Å²) in [6.45, 7) is 0. The predicted octanol–water partition coefficient (Wildman–Crippen LogP) is 4.10. The molecule has 0 unspecified atom stereocenters. The van der Waals surface area contributed by atoms with Gasteiger partial charge in [0.25, 0.3) is 0 Å². The monoisotopic (exact) mass is 290 g/mol. The van der Waals surface area contributed by atoms with E-state index in [1.165, 1.54) is 29.3 Å². The molecule has 4 N–H and O–H groups in total. The van der Waals surface area contributed by atoms with Crippen molar-refractivity contribution in [2.75, 3.05) is 12.8 Å². The van der Waals surface area contributed by atoms with Crippen LogP contribution in [0.15, 0.2) is 78.9 Å². The fraction of sp³-hybridized carbons (Fsp3) is 0.100. The Bertz CT molecular complexity index is 688. The second kappa shape index (κ2) is 8.01. The smallest absolute Gasteiger partial charge is 0.0349 e. The lowest BCUT2D eigenvalue weighted by Crippen LogP contribution is -1.95. The van der Waals surface area contributed by atoms with E-state index >= 15 is 0 Å². The van der Waals surface area contributed by atoms with Crippen LogP contribution in [0.4, 0.5) is 5.69 Å². The number of benzene rings is 3. The number of nitrogens with two attached hydrogens (primary N) is 2. The van der Waals surface area contributed by atoms with Gasteiger partial charge in [-0.2, -0.15) is 0 Å². The van der Waals surface area contributed by atoms with Gasteiger partial charge in [-0.05, 0) is 41.8 Å². The van der Waals surface area contributed by atoms with Crippen LogP contribution in [-0.2, 0) is 6.42 Å². The average molecular weight is 290 g/mol. The first-order chi connectivity index (χ1) is 10.8. The van der Waals surface area contributed by atoms with Gasteiger partial charge in [0.2, 0.25) is 0 Å². The molecular formula is C20H22N2. The minimum atomic E-state index is 0.861. The van der Waals surface area contributed by atoms with Gasteiger partial charge < -0.3 is 11.5 Å². The molecule has 0 saturated heterocycles. The van der Waals surface area contributed by atoms with Gasteiger partial charge in [-0.1, -0.05) is 72.8 Å². The molecule has 0 bridgehead atoms. The van der Waals surface area contributed by atoms with Gasteiger partial charge in [-0.15, -0.1) is 0 Å². The zero-order valence-electron chi connectivity index (χ0n) is 12.9.